The Hall–Kier alpha value is -1.68. The average molecular weight is 252 g/mol. The number of H-pyrrole nitrogens is 1. The van der Waals surface area contributed by atoms with Crippen molar-refractivity contribution in [1.29, 1.82) is 0 Å². The van der Waals surface area contributed by atoms with E-state index in [9.17, 15) is 0 Å². The highest BCUT2D eigenvalue weighted by molar-refractivity contribution is 6.32. The third-order valence-electron chi connectivity index (χ3n) is 2.52. The van der Waals surface area contributed by atoms with Gasteiger partial charge >= 0.3 is 0 Å². The van der Waals surface area contributed by atoms with Crippen molar-refractivity contribution in [2.24, 2.45) is 0 Å². The smallest absolute Gasteiger partial charge is 0.139 e. The maximum atomic E-state index is 5.98. The Morgan fingerprint density at radius 1 is 1.47 bits per heavy atom. The SMILES string of the molecule is COc1cc(N(C)Cc2ncc[nH]2)ccc1Cl. The molecule has 0 unspecified atom stereocenters. The quantitative estimate of drug-likeness (QED) is 0.908. The molecule has 0 aliphatic rings. The van der Waals surface area contributed by atoms with Crippen molar-refractivity contribution in [3.05, 3.63) is 41.4 Å². The Morgan fingerprint density at radius 2 is 2.29 bits per heavy atom. The van der Waals surface area contributed by atoms with Gasteiger partial charge in [0.15, 0.2) is 0 Å². The van der Waals surface area contributed by atoms with Gasteiger partial charge < -0.3 is 14.6 Å². The molecule has 0 spiro atoms. The van der Waals surface area contributed by atoms with Crippen LogP contribution in [0.1, 0.15) is 5.82 Å². The molecule has 4 nitrogen and oxygen atoms in total. The van der Waals surface area contributed by atoms with Crippen molar-refractivity contribution in [3.8, 4) is 5.75 Å². The highest BCUT2D eigenvalue weighted by atomic mass is 35.5. The normalized spacial score (nSPS) is 10.3. The number of nitrogens with one attached hydrogen (secondary N) is 1. The van der Waals surface area contributed by atoms with Gasteiger partial charge in [-0.2, -0.15) is 0 Å². The molecule has 0 fully saturated rings. The van der Waals surface area contributed by atoms with Crippen molar-refractivity contribution in [2.75, 3.05) is 19.1 Å². The van der Waals surface area contributed by atoms with E-state index >= 15 is 0 Å². The molecule has 17 heavy (non-hydrogen) atoms. The second-order valence-electron chi connectivity index (χ2n) is 3.71. The minimum absolute atomic E-state index is 0.614. The van der Waals surface area contributed by atoms with Gasteiger partial charge in [0.1, 0.15) is 11.6 Å². The summed E-state index contributed by atoms with van der Waals surface area (Å²) < 4.78 is 5.19. The lowest BCUT2D eigenvalue weighted by atomic mass is 10.2. The zero-order chi connectivity index (χ0) is 12.3. The highest BCUT2D eigenvalue weighted by Crippen LogP contribution is 2.29. The number of hydrogen-bond acceptors (Lipinski definition) is 3. The fourth-order valence-corrected chi connectivity index (χ4v) is 1.78. The molecular weight excluding hydrogens is 238 g/mol. The van der Waals surface area contributed by atoms with Crippen LogP contribution in [-0.4, -0.2) is 24.1 Å². The molecule has 1 aromatic heterocycles. The minimum Gasteiger partial charge on any atom is -0.495 e. The number of anilines is 1. The summed E-state index contributed by atoms with van der Waals surface area (Å²) in [4.78, 5) is 9.32. The Morgan fingerprint density at radius 3 is 2.94 bits per heavy atom. The lowest BCUT2D eigenvalue weighted by Gasteiger charge is -2.19. The van der Waals surface area contributed by atoms with Crippen LogP contribution in [0.4, 0.5) is 5.69 Å². The molecule has 0 aliphatic heterocycles. The number of nitrogens with zero attached hydrogens (tertiary/aromatic N) is 2. The molecule has 1 heterocycles. The van der Waals surface area contributed by atoms with Gasteiger partial charge in [0, 0.05) is 31.2 Å². The standard InChI is InChI=1S/C12H14ClN3O/c1-16(8-12-14-5-6-15-12)9-3-4-10(13)11(7-9)17-2/h3-7H,8H2,1-2H3,(H,14,15). The maximum absolute atomic E-state index is 5.98. The Kier molecular flexibility index (Phi) is 3.54. The first-order chi connectivity index (χ1) is 8.20. The summed E-state index contributed by atoms with van der Waals surface area (Å²) in [5.74, 6) is 1.59. The number of aromatic nitrogens is 2. The fourth-order valence-electron chi connectivity index (χ4n) is 1.59. The largest absolute Gasteiger partial charge is 0.495 e. The predicted molar refractivity (Wildman–Crippen MR) is 68.7 cm³/mol. The van der Waals surface area contributed by atoms with Crippen LogP contribution in [-0.2, 0) is 6.54 Å². The summed E-state index contributed by atoms with van der Waals surface area (Å²) in [6.45, 7) is 0.706. The number of rotatable bonds is 4. The number of hydrogen-bond donors (Lipinski definition) is 1. The molecule has 2 rings (SSSR count). The second-order valence-corrected chi connectivity index (χ2v) is 4.12. The Balaban J connectivity index is 2.16. The van der Waals surface area contributed by atoms with Crippen LogP contribution in [0.5, 0.6) is 5.75 Å². The zero-order valence-electron chi connectivity index (χ0n) is 9.77. The van der Waals surface area contributed by atoms with E-state index in [1.54, 1.807) is 13.3 Å². The topological polar surface area (TPSA) is 41.1 Å². The monoisotopic (exact) mass is 251 g/mol. The Labute approximate surface area is 105 Å². The zero-order valence-corrected chi connectivity index (χ0v) is 10.5. The number of ether oxygens (including phenoxy) is 1. The summed E-state index contributed by atoms with van der Waals surface area (Å²) in [6.07, 6.45) is 3.55. The van der Waals surface area contributed by atoms with Crippen molar-refractivity contribution >= 4 is 17.3 Å². The summed E-state index contributed by atoms with van der Waals surface area (Å²) in [6, 6.07) is 5.69. The van der Waals surface area contributed by atoms with Gasteiger partial charge in [0.2, 0.25) is 0 Å². The summed E-state index contributed by atoms with van der Waals surface area (Å²) in [7, 11) is 3.60. The molecule has 90 valence electrons. The van der Waals surface area contributed by atoms with E-state index in [1.807, 2.05) is 31.4 Å². The van der Waals surface area contributed by atoms with E-state index in [1.165, 1.54) is 0 Å². The van der Waals surface area contributed by atoms with Crippen LogP contribution in [0.2, 0.25) is 5.02 Å². The highest BCUT2D eigenvalue weighted by Gasteiger charge is 2.07. The molecule has 1 N–H and O–H groups in total. The van der Waals surface area contributed by atoms with Crippen LogP contribution >= 0.6 is 11.6 Å². The third kappa shape index (κ3) is 2.71. The first-order valence-electron chi connectivity index (χ1n) is 5.23. The van der Waals surface area contributed by atoms with Crippen molar-refractivity contribution in [3.63, 3.8) is 0 Å². The van der Waals surface area contributed by atoms with Crippen LogP contribution < -0.4 is 9.64 Å². The van der Waals surface area contributed by atoms with Gasteiger partial charge in [-0.05, 0) is 12.1 Å². The molecular formula is C12H14ClN3O. The van der Waals surface area contributed by atoms with Gasteiger partial charge in [-0.3, -0.25) is 0 Å². The minimum atomic E-state index is 0.614. The van der Waals surface area contributed by atoms with E-state index in [2.05, 4.69) is 14.9 Å². The van der Waals surface area contributed by atoms with Gasteiger partial charge in [-0.25, -0.2) is 4.98 Å². The summed E-state index contributed by atoms with van der Waals surface area (Å²) in [5, 5.41) is 0.614. The molecule has 0 amide bonds. The maximum Gasteiger partial charge on any atom is 0.139 e. The lowest BCUT2D eigenvalue weighted by molar-refractivity contribution is 0.415. The fraction of sp³-hybridized carbons (Fsp3) is 0.250. The van der Waals surface area contributed by atoms with Gasteiger partial charge in [0.05, 0.1) is 18.7 Å². The van der Waals surface area contributed by atoms with Gasteiger partial charge in [-0.1, -0.05) is 11.6 Å². The molecule has 0 bridgehead atoms. The molecule has 0 atom stereocenters. The van der Waals surface area contributed by atoms with Crippen LogP contribution in [0.25, 0.3) is 0 Å². The average Bonchev–Trinajstić information content (AvgIpc) is 2.82. The molecule has 5 heteroatoms. The van der Waals surface area contributed by atoms with E-state index < -0.39 is 0 Å². The Bertz CT molecular complexity index is 485. The summed E-state index contributed by atoms with van der Waals surface area (Å²) >= 11 is 5.98. The molecule has 0 aliphatic carbocycles. The van der Waals surface area contributed by atoms with E-state index in [0.29, 0.717) is 17.3 Å². The number of aromatic amines is 1. The van der Waals surface area contributed by atoms with Crippen LogP contribution in [0.15, 0.2) is 30.6 Å². The van der Waals surface area contributed by atoms with E-state index in [0.717, 1.165) is 11.5 Å². The first-order valence-corrected chi connectivity index (χ1v) is 5.61. The third-order valence-corrected chi connectivity index (χ3v) is 2.83. The number of methoxy groups -OCH3 is 1. The molecule has 0 saturated carbocycles. The number of halogens is 1. The molecule has 2 aromatic rings. The van der Waals surface area contributed by atoms with Gasteiger partial charge in [-0.15, -0.1) is 0 Å². The predicted octanol–water partition coefficient (Wildman–Crippen LogP) is 2.71. The molecule has 1 aromatic carbocycles. The van der Waals surface area contributed by atoms with E-state index in [4.69, 9.17) is 16.3 Å². The second kappa shape index (κ2) is 5.10. The van der Waals surface area contributed by atoms with Crippen LogP contribution in [0, 0.1) is 0 Å². The molecule has 0 radical (unpaired) electrons. The van der Waals surface area contributed by atoms with Gasteiger partial charge in [0.25, 0.3) is 0 Å². The first kappa shape index (κ1) is 11.8. The summed E-state index contributed by atoms with van der Waals surface area (Å²) in [5.41, 5.74) is 1.03. The van der Waals surface area contributed by atoms with Crippen LogP contribution in [0.3, 0.4) is 0 Å². The number of benzene rings is 1. The van der Waals surface area contributed by atoms with Crippen molar-refractivity contribution in [1.82, 2.24) is 9.97 Å². The molecule has 0 saturated heterocycles. The van der Waals surface area contributed by atoms with E-state index in [-0.39, 0.29) is 0 Å². The van der Waals surface area contributed by atoms with Crippen molar-refractivity contribution < 1.29 is 4.74 Å². The lowest BCUT2D eigenvalue weighted by Crippen LogP contribution is -2.17. The van der Waals surface area contributed by atoms with Crippen molar-refractivity contribution in [2.45, 2.75) is 6.54 Å². The number of imidazole rings is 1.